The highest BCUT2D eigenvalue weighted by molar-refractivity contribution is 5.97. The van der Waals surface area contributed by atoms with Crippen molar-refractivity contribution in [2.75, 3.05) is 13.1 Å². The first-order valence-corrected chi connectivity index (χ1v) is 19.3. The van der Waals surface area contributed by atoms with Gasteiger partial charge in [0, 0.05) is 36.6 Å². The summed E-state index contributed by atoms with van der Waals surface area (Å²) in [7, 11) is 0. The van der Waals surface area contributed by atoms with Crippen molar-refractivity contribution < 1.29 is 33.9 Å². The molecule has 5 amide bonds. The SMILES string of the molecule is CC(C)C[C@H](NC(=O)[C@@H](NC(=O)[C@H](Cc1c[nH]c2ccccc12)NC(=O)[C@@H]1CCCN1C(=O)[C@@H]1CCCN1C(=O)[C@@H](N)Cc1ccccc1)C(C)C)C(=O)O. The summed E-state index contributed by atoms with van der Waals surface area (Å²) in [5.74, 6) is -3.99. The van der Waals surface area contributed by atoms with Crippen LogP contribution in [0.4, 0.5) is 0 Å². The molecular formula is C41H55N7O7. The minimum absolute atomic E-state index is 0.000684. The first-order valence-electron chi connectivity index (χ1n) is 19.3. The number of aromatic amines is 1. The van der Waals surface area contributed by atoms with Crippen LogP contribution in [-0.4, -0.2) is 105 Å². The number of likely N-dealkylation sites (tertiary alicyclic amines) is 2. The molecule has 14 heteroatoms. The number of carbonyl (C=O) groups is 6. The van der Waals surface area contributed by atoms with E-state index in [1.807, 2.05) is 68.4 Å². The van der Waals surface area contributed by atoms with Gasteiger partial charge in [-0.3, -0.25) is 24.0 Å². The van der Waals surface area contributed by atoms with Crippen LogP contribution in [0.3, 0.4) is 0 Å². The Morgan fingerprint density at radius 1 is 0.800 bits per heavy atom. The highest BCUT2D eigenvalue weighted by Crippen LogP contribution is 2.26. The van der Waals surface area contributed by atoms with E-state index in [1.165, 1.54) is 4.90 Å². The Kier molecular flexibility index (Phi) is 13.7. The molecule has 0 aliphatic carbocycles. The predicted molar refractivity (Wildman–Crippen MR) is 207 cm³/mol. The number of aliphatic carboxylic acids is 1. The molecule has 5 rings (SSSR count). The van der Waals surface area contributed by atoms with Crippen LogP contribution in [-0.2, 0) is 41.6 Å². The lowest BCUT2D eigenvalue weighted by Gasteiger charge is -2.33. The zero-order valence-corrected chi connectivity index (χ0v) is 32.1. The number of amides is 5. The molecule has 2 saturated heterocycles. The van der Waals surface area contributed by atoms with Gasteiger partial charge < -0.3 is 41.6 Å². The van der Waals surface area contributed by atoms with Gasteiger partial charge in [-0.2, -0.15) is 0 Å². The minimum atomic E-state index is -1.17. The van der Waals surface area contributed by atoms with Crippen LogP contribution in [0.5, 0.6) is 0 Å². The van der Waals surface area contributed by atoms with E-state index in [1.54, 1.807) is 24.9 Å². The van der Waals surface area contributed by atoms with Crippen molar-refractivity contribution in [1.29, 1.82) is 0 Å². The molecule has 0 radical (unpaired) electrons. The van der Waals surface area contributed by atoms with Crippen LogP contribution < -0.4 is 21.7 Å². The average Bonchev–Trinajstić information content (AvgIpc) is 3.93. The van der Waals surface area contributed by atoms with Gasteiger partial charge in [0.05, 0.1) is 6.04 Å². The summed E-state index contributed by atoms with van der Waals surface area (Å²) in [6.07, 6.45) is 4.41. The number of para-hydroxylation sites is 1. The Balaban J connectivity index is 1.33. The maximum Gasteiger partial charge on any atom is 0.326 e. The zero-order chi connectivity index (χ0) is 39.8. The van der Waals surface area contributed by atoms with Gasteiger partial charge in [0.2, 0.25) is 29.5 Å². The summed E-state index contributed by atoms with van der Waals surface area (Å²) in [6.45, 7) is 7.90. The molecule has 0 saturated carbocycles. The number of aromatic nitrogens is 1. The largest absolute Gasteiger partial charge is 0.480 e. The number of rotatable bonds is 16. The first-order chi connectivity index (χ1) is 26.2. The third kappa shape index (κ3) is 10.1. The molecule has 1 aromatic heterocycles. The normalized spacial score (nSPS) is 19.3. The Morgan fingerprint density at radius 3 is 2.13 bits per heavy atom. The van der Waals surface area contributed by atoms with E-state index in [9.17, 15) is 33.9 Å². The lowest BCUT2D eigenvalue weighted by atomic mass is 9.99. The molecule has 0 unspecified atom stereocenters. The molecular weight excluding hydrogens is 702 g/mol. The smallest absolute Gasteiger partial charge is 0.326 e. The van der Waals surface area contributed by atoms with Gasteiger partial charge in [0.25, 0.3) is 0 Å². The van der Waals surface area contributed by atoms with Crippen LogP contribution >= 0.6 is 0 Å². The number of benzene rings is 2. The van der Waals surface area contributed by atoms with Gasteiger partial charge in [0.1, 0.15) is 30.2 Å². The van der Waals surface area contributed by atoms with E-state index in [0.717, 1.165) is 22.0 Å². The van der Waals surface area contributed by atoms with Crippen LogP contribution in [0, 0.1) is 11.8 Å². The van der Waals surface area contributed by atoms with Crippen molar-refractivity contribution in [3.63, 3.8) is 0 Å². The summed E-state index contributed by atoms with van der Waals surface area (Å²) in [5, 5.41) is 18.9. The first kappa shape index (κ1) is 40.9. The van der Waals surface area contributed by atoms with E-state index in [-0.39, 0.29) is 30.6 Å². The topological polar surface area (TPSA) is 207 Å². The number of fused-ring (bicyclic) bond motifs is 1. The summed E-state index contributed by atoms with van der Waals surface area (Å²) in [5.41, 5.74) is 8.88. The van der Waals surface area contributed by atoms with Crippen molar-refractivity contribution in [3.8, 4) is 0 Å². The molecule has 3 heterocycles. The van der Waals surface area contributed by atoms with E-state index in [2.05, 4.69) is 20.9 Å². The molecule has 2 aromatic carbocycles. The van der Waals surface area contributed by atoms with Gasteiger partial charge in [0.15, 0.2) is 0 Å². The Labute approximate surface area is 321 Å². The quantitative estimate of drug-likeness (QED) is 0.128. The number of carboxylic acids is 1. The maximum atomic E-state index is 14.1. The van der Waals surface area contributed by atoms with Gasteiger partial charge in [-0.05, 0) is 67.6 Å². The van der Waals surface area contributed by atoms with Gasteiger partial charge in [-0.15, -0.1) is 0 Å². The second-order valence-electron chi connectivity index (χ2n) is 15.6. The zero-order valence-electron chi connectivity index (χ0n) is 32.1. The fourth-order valence-corrected chi connectivity index (χ4v) is 7.69. The molecule has 14 nitrogen and oxygen atoms in total. The predicted octanol–water partition coefficient (Wildman–Crippen LogP) is 2.50. The second-order valence-corrected chi connectivity index (χ2v) is 15.6. The maximum absolute atomic E-state index is 14.1. The Morgan fingerprint density at radius 2 is 1.45 bits per heavy atom. The Bertz CT molecular complexity index is 1840. The van der Waals surface area contributed by atoms with Crippen molar-refractivity contribution in [2.24, 2.45) is 17.6 Å². The number of nitrogens with two attached hydrogens (primary N) is 1. The standard InChI is InChI=1S/C41H55N7O7/c1-24(2)20-32(41(54)55)45-38(51)35(25(3)4)46-36(49)31(22-27-23-43-30-15-9-8-14-28(27)30)44-37(50)33-16-10-18-47(33)40(53)34-17-11-19-48(34)39(52)29(42)21-26-12-6-5-7-13-26/h5-9,12-15,23-25,29,31-35,43H,10-11,16-22,42H2,1-4H3,(H,44,50)(H,45,51)(H,46,49)(H,54,55)/t29-,31-,32-,33-,34-,35-/m0/s1. The van der Waals surface area contributed by atoms with E-state index >= 15 is 0 Å². The summed E-state index contributed by atoms with van der Waals surface area (Å²) < 4.78 is 0. The molecule has 7 N–H and O–H groups in total. The van der Waals surface area contributed by atoms with Crippen molar-refractivity contribution >= 4 is 46.4 Å². The summed E-state index contributed by atoms with van der Waals surface area (Å²) >= 11 is 0. The fourth-order valence-electron chi connectivity index (χ4n) is 7.69. The third-order valence-corrected chi connectivity index (χ3v) is 10.6. The molecule has 2 fully saturated rings. The Hall–Kier alpha value is -5.24. The monoisotopic (exact) mass is 757 g/mol. The molecule has 6 atom stereocenters. The number of nitrogens with zero attached hydrogens (tertiary/aromatic N) is 2. The highest BCUT2D eigenvalue weighted by Gasteiger charge is 2.44. The van der Waals surface area contributed by atoms with Crippen LogP contribution in [0.15, 0.2) is 60.8 Å². The fraction of sp³-hybridized carbons (Fsp3) is 0.512. The van der Waals surface area contributed by atoms with Gasteiger partial charge >= 0.3 is 5.97 Å². The number of nitrogens with one attached hydrogen (secondary N) is 4. The van der Waals surface area contributed by atoms with Gasteiger partial charge in [-0.25, -0.2) is 4.79 Å². The van der Waals surface area contributed by atoms with Crippen molar-refractivity contribution in [1.82, 2.24) is 30.7 Å². The van der Waals surface area contributed by atoms with Gasteiger partial charge in [-0.1, -0.05) is 76.2 Å². The second kappa shape index (κ2) is 18.4. The van der Waals surface area contributed by atoms with E-state index < -0.39 is 65.9 Å². The molecule has 0 bridgehead atoms. The van der Waals surface area contributed by atoms with Crippen LogP contribution in [0.1, 0.15) is 70.9 Å². The van der Waals surface area contributed by atoms with E-state index in [0.29, 0.717) is 45.2 Å². The lowest BCUT2D eigenvalue weighted by Crippen LogP contribution is -2.60. The number of hydrogen-bond acceptors (Lipinski definition) is 7. The van der Waals surface area contributed by atoms with E-state index in [4.69, 9.17) is 5.73 Å². The number of carboxylic acid groups (broad SMARTS) is 1. The lowest BCUT2D eigenvalue weighted by molar-refractivity contribution is -0.147. The van der Waals surface area contributed by atoms with Crippen LogP contribution in [0.2, 0.25) is 0 Å². The third-order valence-electron chi connectivity index (χ3n) is 10.6. The molecule has 0 spiro atoms. The number of H-pyrrole nitrogens is 1. The van der Waals surface area contributed by atoms with Crippen molar-refractivity contribution in [3.05, 3.63) is 71.9 Å². The molecule has 3 aromatic rings. The highest BCUT2D eigenvalue weighted by atomic mass is 16.4. The van der Waals surface area contributed by atoms with Crippen LogP contribution in [0.25, 0.3) is 10.9 Å². The molecule has 296 valence electrons. The average molecular weight is 758 g/mol. The minimum Gasteiger partial charge on any atom is -0.480 e. The number of carbonyl (C=O) groups excluding carboxylic acids is 5. The summed E-state index contributed by atoms with van der Waals surface area (Å²) in [4.78, 5) is 87.6. The summed E-state index contributed by atoms with van der Waals surface area (Å²) in [6, 6.07) is 11.2. The molecule has 2 aliphatic rings. The molecule has 2 aliphatic heterocycles. The molecule has 55 heavy (non-hydrogen) atoms. The number of hydrogen-bond donors (Lipinski definition) is 6. The van der Waals surface area contributed by atoms with Crippen molar-refractivity contribution in [2.45, 2.75) is 109 Å².